The second kappa shape index (κ2) is 15.8. The number of hydrogen-bond acceptors (Lipinski definition) is 2. The van der Waals surface area contributed by atoms with E-state index in [2.05, 4.69) is 195 Å². The minimum Gasteiger partial charge on any atom is -0.228 e. The first-order chi connectivity index (χ1) is 27.6. The molecule has 0 fully saturated rings. The normalized spacial score (nSPS) is 12.5. The summed E-state index contributed by atoms with van der Waals surface area (Å²) >= 11 is 0. The van der Waals surface area contributed by atoms with Gasteiger partial charge in [0.05, 0.1) is 11.4 Å². The third-order valence-corrected chi connectivity index (χ3v) is 10.8. The van der Waals surface area contributed by atoms with E-state index in [1.807, 2.05) is 12.1 Å². The standard InChI is InChI=1S/C54H42N2/c1-38-15-11-13-23-50(38)51-24-14-12-22-46(51)33-39-25-27-41(28-26-39)48-34-47(40-16-5-2-6-17-40)35-49(36-48)42-29-31-45(32-30-42)54-55-52(43-18-7-3-8-19-43)37-53(56-54)44-20-9-4-10-21-44/h2-12,14-22,24-32,34-37H,13,23,33H2,1H3. The third-order valence-electron chi connectivity index (χ3n) is 10.8. The van der Waals surface area contributed by atoms with Crippen LogP contribution in [0.25, 0.3) is 72.9 Å². The lowest BCUT2D eigenvalue weighted by atomic mass is 9.87. The van der Waals surface area contributed by atoms with Gasteiger partial charge in [0.25, 0.3) is 0 Å². The fraction of sp³-hybridized carbons (Fsp3) is 0.0741. The number of aromatic nitrogens is 2. The minimum atomic E-state index is 0.709. The topological polar surface area (TPSA) is 25.8 Å². The van der Waals surface area contributed by atoms with Gasteiger partial charge in [0.15, 0.2) is 5.82 Å². The highest BCUT2D eigenvalue weighted by molar-refractivity contribution is 5.82. The fourth-order valence-corrected chi connectivity index (χ4v) is 7.80. The van der Waals surface area contributed by atoms with Gasteiger partial charge in [-0.15, -0.1) is 0 Å². The summed E-state index contributed by atoms with van der Waals surface area (Å²) in [4.78, 5) is 10.1. The molecule has 0 atom stereocenters. The summed E-state index contributed by atoms with van der Waals surface area (Å²) in [7, 11) is 0. The predicted octanol–water partition coefficient (Wildman–Crippen LogP) is 14.2. The van der Waals surface area contributed by atoms with E-state index in [9.17, 15) is 0 Å². The van der Waals surface area contributed by atoms with Gasteiger partial charge >= 0.3 is 0 Å². The van der Waals surface area contributed by atoms with Gasteiger partial charge < -0.3 is 0 Å². The Balaban J connectivity index is 1.05. The van der Waals surface area contributed by atoms with Gasteiger partial charge in [0.1, 0.15) is 0 Å². The van der Waals surface area contributed by atoms with Crippen LogP contribution in [0.15, 0.2) is 206 Å². The molecule has 0 radical (unpaired) electrons. The van der Waals surface area contributed by atoms with Gasteiger partial charge in [-0.2, -0.15) is 0 Å². The zero-order chi connectivity index (χ0) is 37.7. The van der Waals surface area contributed by atoms with Crippen molar-refractivity contribution in [3.63, 3.8) is 0 Å². The summed E-state index contributed by atoms with van der Waals surface area (Å²) in [5.41, 5.74) is 19.0. The molecule has 0 saturated carbocycles. The molecule has 0 saturated heterocycles. The Kier molecular flexibility index (Phi) is 9.85. The second-order valence-electron chi connectivity index (χ2n) is 14.6. The Hall–Kier alpha value is -6.90. The maximum absolute atomic E-state index is 5.06. The highest BCUT2D eigenvalue weighted by Gasteiger charge is 2.14. The second-order valence-corrected chi connectivity index (χ2v) is 14.6. The Morgan fingerprint density at radius 2 is 0.893 bits per heavy atom. The molecule has 1 aromatic heterocycles. The molecule has 2 heteroatoms. The molecule has 7 aromatic carbocycles. The Morgan fingerprint density at radius 1 is 0.429 bits per heavy atom. The van der Waals surface area contributed by atoms with Crippen LogP contribution in [0.1, 0.15) is 36.5 Å². The zero-order valence-electron chi connectivity index (χ0n) is 31.6. The van der Waals surface area contributed by atoms with Crippen LogP contribution in [0.5, 0.6) is 0 Å². The van der Waals surface area contributed by atoms with E-state index < -0.39 is 0 Å². The lowest BCUT2D eigenvalue weighted by molar-refractivity contribution is 1.03. The molecule has 1 heterocycles. The van der Waals surface area contributed by atoms with E-state index in [0.717, 1.165) is 52.9 Å². The molecule has 0 unspecified atom stereocenters. The van der Waals surface area contributed by atoms with Gasteiger partial charge in [0.2, 0.25) is 0 Å². The van der Waals surface area contributed by atoms with Crippen LogP contribution in [0.4, 0.5) is 0 Å². The fourth-order valence-electron chi connectivity index (χ4n) is 7.80. The first-order valence-electron chi connectivity index (χ1n) is 19.5. The van der Waals surface area contributed by atoms with Crippen molar-refractivity contribution in [3.8, 4) is 67.3 Å². The van der Waals surface area contributed by atoms with Gasteiger partial charge in [-0.3, -0.25) is 0 Å². The summed E-state index contributed by atoms with van der Waals surface area (Å²) in [5.74, 6) is 0.709. The number of hydrogen-bond donors (Lipinski definition) is 0. The molecule has 1 aliphatic carbocycles. The van der Waals surface area contributed by atoms with E-state index in [-0.39, 0.29) is 0 Å². The minimum absolute atomic E-state index is 0.709. The molecule has 0 N–H and O–H groups in total. The van der Waals surface area contributed by atoms with Crippen molar-refractivity contribution < 1.29 is 0 Å². The molecule has 9 rings (SSSR count). The Morgan fingerprint density at radius 3 is 1.45 bits per heavy atom. The van der Waals surface area contributed by atoms with Crippen LogP contribution < -0.4 is 0 Å². The van der Waals surface area contributed by atoms with Crippen molar-refractivity contribution in [2.24, 2.45) is 0 Å². The van der Waals surface area contributed by atoms with Crippen LogP contribution in [0, 0.1) is 0 Å². The first-order valence-corrected chi connectivity index (χ1v) is 19.5. The van der Waals surface area contributed by atoms with Gasteiger partial charge in [-0.25, -0.2) is 9.97 Å². The molecule has 1 aliphatic rings. The number of allylic oxidation sites excluding steroid dienone is 4. The van der Waals surface area contributed by atoms with Crippen LogP contribution in [0.3, 0.4) is 0 Å². The van der Waals surface area contributed by atoms with Gasteiger partial charge in [-0.05, 0) is 112 Å². The van der Waals surface area contributed by atoms with E-state index in [4.69, 9.17) is 9.97 Å². The van der Waals surface area contributed by atoms with E-state index >= 15 is 0 Å². The monoisotopic (exact) mass is 718 g/mol. The molecule has 56 heavy (non-hydrogen) atoms. The summed E-state index contributed by atoms with van der Waals surface area (Å²) < 4.78 is 0. The average molecular weight is 719 g/mol. The molecule has 0 spiro atoms. The summed E-state index contributed by atoms with van der Waals surface area (Å²) in [5, 5.41) is 0. The Bertz CT molecular complexity index is 2610. The predicted molar refractivity (Wildman–Crippen MR) is 235 cm³/mol. The molecule has 2 nitrogen and oxygen atoms in total. The summed E-state index contributed by atoms with van der Waals surface area (Å²) in [6.07, 6.45) is 7.68. The van der Waals surface area contributed by atoms with Gasteiger partial charge in [0, 0.05) is 16.7 Å². The molecule has 0 bridgehead atoms. The number of rotatable bonds is 9. The lowest BCUT2D eigenvalue weighted by Crippen LogP contribution is -1.99. The first kappa shape index (κ1) is 34.8. The van der Waals surface area contributed by atoms with E-state index in [1.165, 1.54) is 55.7 Å². The average Bonchev–Trinajstić information content (AvgIpc) is 3.28. The quantitative estimate of drug-likeness (QED) is 0.148. The van der Waals surface area contributed by atoms with Crippen molar-refractivity contribution in [3.05, 3.63) is 222 Å². The van der Waals surface area contributed by atoms with Crippen LogP contribution in [-0.2, 0) is 6.42 Å². The van der Waals surface area contributed by atoms with Crippen molar-refractivity contribution in [1.29, 1.82) is 0 Å². The summed E-state index contributed by atoms with van der Waals surface area (Å²) in [6, 6.07) is 67.1. The van der Waals surface area contributed by atoms with E-state index in [0.29, 0.717) is 5.82 Å². The van der Waals surface area contributed by atoms with Gasteiger partial charge in [-0.1, -0.05) is 176 Å². The van der Waals surface area contributed by atoms with E-state index in [1.54, 1.807) is 0 Å². The molecule has 8 aromatic rings. The lowest BCUT2D eigenvalue weighted by Gasteiger charge is -2.18. The smallest absolute Gasteiger partial charge is 0.160 e. The highest BCUT2D eigenvalue weighted by atomic mass is 14.9. The molecule has 0 aliphatic heterocycles. The zero-order valence-corrected chi connectivity index (χ0v) is 31.6. The maximum Gasteiger partial charge on any atom is 0.160 e. The molecule has 268 valence electrons. The molecular weight excluding hydrogens is 677 g/mol. The van der Waals surface area contributed by atoms with Crippen molar-refractivity contribution in [2.45, 2.75) is 26.2 Å². The van der Waals surface area contributed by atoms with Crippen LogP contribution in [-0.4, -0.2) is 9.97 Å². The van der Waals surface area contributed by atoms with Crippen molar-refractivity contribution >= 4 is 5.57 Å². The largest absolute Gasteiger partial charge is 0.228 e. The highest BCUT2D eigenvalue weighted by Crippen LogP contribution is 2.36. The van der Waals surface area contributed by atoms with Crippen LogP contribution in [0.2, 0.25) is 0 Å². The van der Waals surface area contributed by atoms with Crippen molar-refractivity contribution in [1.82, 2.24) is 9.97 Å². The summed E-state index contributed by atoms with van der Waals surface area (Å²) in [6.45, 7) is 2.24. The number of benzene rings is 7. The maximum atomic E-state index is 5.06. The molecule has 0 amide bonds. The molecular formula is C54H42N2. The SMILES string of the molecule is CC1=C(c2ccccc2Cc2ccc(-c3cc(-c4ccccc4)cc(-c4ccc(-c5nc(-c6ccccc6)cc(-c6ccccc6)n5)cc4)c3)cc2)CCC=C1. The third kappa shape index (κ3) is 7.56. The van der Waals surface area contributed by atoms with Crippen molar-refractivity contribution in [2.75, 3.05) is 0 Å². The number of nitrogens with zero attached hydrogens (tertiary/aromatic N) is 2. The Labute approximate surface area is 330 Å². The van der Waals surface area contributed by atoms with Crippen LogP contribution >= 0.6 is 0 Å².